The number of carbonyl (C=O) groups is 3. The molecule has 0 radical (unpaired) electrons. The number of hydrogen-bond donors (Lipinski definition) is 5. The molecule has 0 spiro atoms. The zero-order chi connectivity index (χ0) is 39.4. The van der Waals surface area contributed by atoms with E-state index in [9.17, 15) is 31.9 Å². The molecule has 290 valence electrons. The Hall–Kier alpha value is -4.86. The number of hydrogen-bond acceptors (Lipinski definition) is 7. The summed E-state index contributed by atoms with van der Waals surface area (Å²) < 4.78 is 62.1. The molecular weight excluding hydrogens is 727 g/mol. The number of amides is 3. The monoisotopic (exact) mass is 771 g/mol. The molecule has 0 saturated carbocycles. The SMILES string of the molecule is CCC(C)[C@H](NC(=O)Cc1ccccc1F)C(=O)N[C@]1(C(=O)NC(C(=S)NCc2nnc(C)o2)[C@@H](C)CC)CCc2[nH]c3c(C(F)(F)F)cccc3c2C1. The summed E-state index contributed by atoms with van der Waals surface area (Å²) >= 11 is 5.74. The lowest BCUT2D eigenvalue weighted by molar-refractivity contribution is -0.137. The maximum atomic E-state index is 14.8. The molecule has 5 atom stereocenters. The van der Waals surface area contributed by atoms with Gasteiger partial charge in [0.2, 0.25) is 29.5 Å². The Morgan fingerprint density at radius 3 is 2.35 bits per heavy atom. The van der Waals surface area contributed by atoms with E-state index < -0.39 is 58.8 Å². The molecule has 2 aromatic heterocycles. The Bertz CT molecular complexity index is 2010. The lowest BCUT2D eigenvalue weighted by Crippen LogP contribution is -2.67. The molecule has 3 amide bonds. The number of nitrogens with zero attached hydrogens (tertiary/aromatic N) is 2. The topological polar surface area (TPSA) is 154 Å². The second-order valence-corrected chi connectivity index (χ2v) is 14.5. The Labute approximate surface area is 315 Å². The number of nitrogens with one attached hydrogen (secondary N) is 5. The summed E-state index contributed by atoms with van der Waals surface area (Å²) in [6.07, 6.45) is -3.85. The van der Waals surface area contributed by atoms with E-state index in [1.165, 1.54) is 24.3 Å². The molecule has 0 fully saturated rings. The third kappa shape index (κ3) is 8.91. The minimum Gasteiger partial charge on any atom is -0.424 e. The van der Waals surface area contributed by atoms with E-state index in [0.29, 0.717) is 35.9 Å². The fraction of sp³-hybridized carbons (Fsp3) is 0.474. The number of fused-ring (bicyclic) bond motifs is 3. The summed E-state index contributed by atoms with van der Waals surface area (Å²) in [5, 5.41) is 19.9. The van der Waals surface area contributed by atoms with Gasteiger partial charge in [-0.3, -0.25) is 14.4 Å². The number of carbonyl (C=O) groups excluding carboxylic acids is 3. The number of alkyl halides is 3. The van der Waals surface area contributed by atoms with Crippen LogP contribution in [0, 0.1) is 24.6 Å². The quantitative estimate of drug-likeness (QED) is 0.0799. The lowest BCUT2D eigenvalue weighted by atomic mass is 9.78. The first-order valence-electron chi connectivity index (χ1n) is 18.0. The second kappa shape index (κ2) is 16.7. The zero-order valence-corrected chi connectivity index (χ0v) is 31.6. The molecular formula is C38H45F4N7O4S. The largest absolute Gasteiger partial charge is 0.424 e. The number of H-pyrrole nitrogens is 1. The first-order chi connectivity index (χ1) is 25.6. The predicted octanol–water partition coefficient (Wildman–Crippen LogP) is 5.78. The van der Waals surface area contributed by atoms with Crippen LogP contribution >= 0.6 is 12.2 Å². The fourth-order valence-corrected chi connectivity index (χ4v) is 7.15. The van der Waals surface area contributed by atoms with Crippen LogP contribution in [0.15, 0.2) is 46.9 Å². The van der Waals surface area contributed by atoms with Gasteiger partial charge in [-0.25, -0.2) is 4.39 Å². The van der Waals surface area contributed by atoms with E-state index in [2.05, 4.69) is 36.4 Å². The Kier molecular flexibility index (Phi) is 12.4. The maximum absolute atomic E-state index is 14.8. The molecule has 4 aromatic rings. The van der Waals surface area contributed by atoms with Gasteiger partial charge >= 0.3 is 6.18 Å². The molecule has 2 aromatic carbocycles. The van der Waals surface area contributed by atoms with Gasteiger partial charge < -0.3 is 30.7 Å². The minimum absolute atomic E-state index is 0.0246. The van der Waals surface area contributed by atoms with Crippen molar-refractivity contribution in [3.05, 3.63) is 82.4 Å². The van der Waals surface area contributed by atoms with Crippen molar-refractivity contribution < 1.29 is 36.4 Å². The van der Waals surface area contributed by atoms with Crippen molar-refractivity contribution in [2.75, 3.05) is 0 Å². The smallest absolute Gasteiger partial charge is 0.418 e. The highest BCUT2D eigenvalue weighted by molar-refractivity contribution is 7.80. The Morgan fingerprint density at radius 2 is 1.70 bits per heavy atom. The van der Waals surface area contributed by atoms with Crippen LogP contribution in [0.3, 0.4) is 0 Å². The highest BCUT2D eigenvalue weighted by Crippen LogP contribution is 2.40. The number of rotatable bonds is 14. The van der Waals surface area contributed by atoms with Crippen molar-refractivity contribution in [2.45, 2.75) is 103 Å². The number of para-hydroxylation sites is 1. The van der Waals surface area contributed by atoms with E-state index >= 15 is 0 Å². The Balaban J connectivity index is 1.49. The molecule has 0 aliphatic heterocycles. The molecule has 5 rings (SSSR count). The van der Waals surface area contributed by atoms with Crippen LogP contribution in [0.1, 0.15) is 81.1 Å². The molecule has 11 nitrogen and oxygen atoms in total. The van der Waals surface area contributed by atoms with Gasteiger partial charge in [0.1, 0.15) is 17.4 Å². The molecule has 16 heteroatoms. The molecule has 2 heterocycles. The zero-order valence-electron chi connectivity index (χ0n) is 30.7. The van der Waals surface area contributed by atoms with Crippen LogP contribution in [0.5, 0.6) is 0 Å². The van der Waals surface area contributed by atoms with Gasteiger partial charge in [-0.15, -0.1) is 10.2 Å². The lowest BCUT2D eigenvalue weighted by Gasteiger charge is -2.40. The van der Waals surface area contributed by atoms with E-state index in [4.69, 9.17) is 16.6 Å². The summed E-state index contributed by atoms with van der Waals surface area (Å²) in [7, 11) is 0. The molecule has 5 N–H and O–H groups in total. The number of halogens is 4. The Morgan fingerprint density at radius 1 is 1.00 bits per heavy atom. The van der Waals surface area contributed by atoms with Crippen molar-refractivity contribution >= 4 is 45.8 Å². The van der Waals surface area contributed by atoms with Crippen molar-refractivity contribution in [2.24, 2.45) is 11.8 Å². The normalized spacial score (nSPS) is 17.9. The first-order valence-corrected chi connectivity index (χ1v) is 18.4. The van der Waals surface area contributed by atoms with Gasteiger partial charge in [0.15, 0.2) is 0 Å². The predicted molar refractivity (Wildman–Crippen MR) is 198 cm³/mol. The third-order valence-electron chi connectivity index (χ3n) is 10.3. The molecule has 2 unspecified atom stereocenters. The fourth-order valence-electron chi connectivity index (χ4n) is 6.78. The summed E-state index contributed by atoms with van der Waals surface area (Å²) in [6, 6.07) is 7.85. The van der Waals surface area contributed by atoms with Gasteiger partial charge in [-0.1, -0.05) is 83.1 Å². The second-order valence-electron chi connectivity index (χ2n) is 14.0. The van der Waals surface area contributed by atoms with Gasteiger partial charge in [0.05, 0.1) is 35.1 Å². The summed E-state index contributed by atoms with van der Waals surface area (Å²) in [4.78, 5) is 45.5. The number of aryl methyl sites for hydroxylation is 2. The van der Waals surface area contributed by atoms with Crippen LogP contribution in [-0.2, 0) is 46.4 Å². The summed E-state index contributed by atoms with van der Waals surface area (Å²) in [5.74, 6) is -2.33. The number of aromatic amines is 1. The molecule has 1 aliphatic rings. The van der Waals surface area contributed by atoms with Gasteiger partial charge in [0, 0.05) is 24.4 Å². The van der Waals surface area contributed by atoms with Gasteiger partial charge in [0.25, 0.3) is 0 Å². The van der Waals surface area contributed by atoms with Crippen molar-refractivity contribution in [3.63, 3.8) is 0 Å². The van der Waals surface area contributed by atoms with E-state index in [1.807, 2.05) is 20.8 Å². The molecule has 54 heavy (non-hydrogen) atoms. The summed E-state index contributed by atoms with van der Waals surface area (Å²) in [6.45, 7) is 9.21. The van der Waals surface area contributed by atoms with Crippen molar-refractivity contribution in [3.8, 4) is 0 Å². The number of aromatic nitrogens is 3. The minimum atomic E-state index is -4.63. The standard InChI is InChI=1S/C38H45F4N7O4S/c1-6-20(3)31(45-29(50)17-23-11-8-9-14-27(23)39)34(51)47-37(16-15-28-25(18-37)24-12-10-13-26(33(24)44-28)38(40,41)42)36(52)46-32(21(4)7-2)35(54)43-19-30-49-48-22(5)53-30/h8-14,20-21,31-32,44H,6-7,15-19H2,1-5H3,(H,43,54)(H,45,50)(H,46,52)(H,47,51)/t20?,21-,31-,32?,37+/m0/s1. The van der Waals surface area contributed by atoms with Crippen LogP contribution < -0.4 is 21.3 Å². The van der Waals surface area contributed by atoms with E-state index in [0.717, 1.165) is 6.07 Å². The van der Waals surface area contributed by atoms with Gasteiger partial charge in [-0.2, -0.15) is 13.2 Å². The first kappa shape index (κ1) is 40.3. The molecule has 0 bridgehead atoms. The van der Waals surface area contributed by atoms with Crippen molar-refractivity contribution in [1.29, 1.82) is 0 Å². The van der Waals surface area contributed by atoms with Crippen LogP contribution in [-0.4, -0.2) is 55.5 Å². The molecule has 0 saturated heterocycles. The van der Waals surface area contributed by atoms with E-state index in [-0.39, 0.29) is 59.6 Å². The van der Waals surface area contributed by atoms with Gasteiger partial charge in [-0.05, 0) is 47.9 Å². The summed E-state index contributed by atoms with van der Waals surface area (Å²) in [5.41, 5.74) is -1.46. The number of benzene rings is 2. The number of thiocarbonyl (C=S) groups is 1. The maximum Gasteiger partial charge on any atom is 0.418 e. The van der Waals surface area contributed by atoms with Crippen LogP contribution in [0.2, 0.25) is 0 Å². The average molecular weight is 772 g/mol. The highest BCUT2D eigenvalue weighted by Gasteiger charge is 2.47. The van der Waals surface area contributed by atoms with E-state index in [1.54, 1.807) is 26.0 Å². The highest BCUT2D eigenvalue weighted by atomic mass is 32.1. The van der Waals surface area contributed by atoms with Crippen LogP contribution in [0.25, 0.3) is 10.9 Å². The molecule has 1 aliphatic carbocycles. The average Bonchev–Trinajstić information content (AvgIpc) is 3.73. The van der Waals surface area contributed by atoms with Crippen LogP contribution in [0.4, 0.5) is 17.6 Å². The van der Waals surface area contributed by atoms with Crippen molar-refractivity contribution in [1.82, 2.24) is 36.4 Å². The third-order valence-corrected chi connectivity index (χ3v) is 10.7.